The molecule has 0 spiro atoms. The lowest BCUT2D eigenvalue weighted by Crippen LogP contribution is -2.16. The lowest BCUT2D eigenvalue weighted by Gasteiger charge is -2.09. The standard InChI is InChI=1S/C13H8F4O/c14-12-4-2-1-3-11(12)9-5-7-10(8-6-9)18-13(15,16)17/h1-8H. The Morgan fingerprint density at radius 3 is 2.00 bits per heavy atom. The fraction of sp³-hybridized carbons (Fsp3) is 0.0769. The molecule has 0 atom stereocenters. The summed E-state index contributed by atoms with van der Waals surface area (Å²) >= 11 is 0. The van der Waals surface area contributed by atoms with Gasteiger partial charge in [0.25, 0.3) is 0 Å². The zero-order valence-corrected chi connectivity index (χ0v) is 9.04. The molecule has 0 aliphatic rings. The number of hydrogen-bond donors (Lipinski definition) is 0. The van der Waals surface area contributed by atoms with Crippen LogP contribution in [-0.4, -0.2) is 6.36 Å². The molecule has 0 saturated heterocycles. The summed E-state index contributed by atoms with van der Waals surface area (Å²) in [6, 6.07) is 11.1. The third kappa shape index (κ3) is 3.00. The van der Waals surface area contributed by atoms with Crippen LogP contribution in [-0.2, 0) is 0 Å². The summed E-state index contributed by atoms with van der Waals surface area (Å²) in [6.45, 7) is 0. The molecule has 1 nitrogen and oxygen atoms in total. The molecule has 2 rings (SSSR count). The van der Waals surface area contributed by atoms with Crippen molar-refractivity contribution in [3.05, 3.63) is 54.3 Å². The van der Waals surface area contributed by atoms with Crippen molar-refractivity contribution in [2.24, 2.45) is 0 Å². The van der Waals surface area contributed by atoms with Gasteiger partial charge >= 0.3 is 6.36 Å². The van der Waals surface area contributed by atoms with Gasteiger partial charge in [0.1, 0.15) is 11.6 Å². The van der Waals surface area contributed by atoms with E-state index in [0.29, 0.717) is 11.1 Å². The van der Waals surface area contributed by atoms with E-state index in [0.717, 1.165) is 12.1 Å². The number of rotatable bonds is 2. The SMILES string of the molecule is Fc1ccccc1-c1ccc(OC(F)(F)F)cc1. The van der Waals surface area contributed by atoms with Crippen LogP contribution in [0.4, 0.5) is 17.6 Å². The van der Waals surface area contributed by atoms with E-state index in [-0.39, 0.29) is 5.75 Å². The predicted molar refractivity (Wildman–Crippen MR) is 58.5 cm³/mol. The molecule has 0 heterocycles. The van der Waals surface area contributed by atoms with Gasteiger partial charge in [-0.1, -0.05) is 30.3 Å². The molecule has 2 aromatic carbocycles. The molecule has 0 unspecified atom stereocenters. The van der Waals surface area contributed by atoms with E-state index in [9.17, 15) is 17.6 Å². The van der Waals surface area contributed by atoms with Gasteiger partial charge in [0, 0.05) is 5.56 Å². The maximum atomic E-state index is 13.4. The highest BCUT2D eigenvalue weighted by Crippen LogP contribution is 2.27. The van der Waals surface area contributed by atoms with E-state index in [4.69, 9.17) is 0 Å². The lowest BCUT2D eigenvalue weighted by atomic mass is 10.1. The molecule has 0 bridgehead atoms. The number of ether oxygens (including phenoxy) is 1. The molecule has 94 valence electrons. The average Bonchev–Trinajstić information content (AvgIpc) is 2.29. The molecule has 2 aromatic rings. The highest BCUT2D eigenvalue weighted by atomic mass is 19.4. The topological polar surface area (TPSA) is 9.23 Å². The van der Waals surface area contributed by atoms with Crippen LogP contribution in [0.3, 0.4) is 0 Å². The molecule has 0 aromatic heterocycles. The van der Waals surface area contributed by atoms with Crippen molar-refractivity contribution in [3.8, 4) is 16.9 Å². The first-order valence-electron chi connectivity index (χ1n) is 5.06. The molecule has 0 radical (unpaired) electrons. The molecular formula is C13H8F4O. The Bertz CT molecular complexity index is 531. The lowest BCUT2D eigenvalue weighted by molar-refractivity contribution is -0.274. The van der Waals surface area contributed by atoms with Gasteiger partial charge in [-0.3, -0.25) is 0 Å². The van der Waals surface area contributed by atoms with E-state index in [1.807, 2.05) is 0 Å². The maximum Gasteiger partial charge on any atom is 0.573 e. The van der Waals surface area contributed by atoms with Crippen molar-refractivity contribution in [2.45, 2.75) is 6.36 Å². The Balaban J connectivity index is 2.26. The number of benzene rings is 2. The summed E-state index contributed by atoms with van der Waals surface area (Å²) in [5.74, 6) is -0.760. The Morgan fingerprint density at radius 1 is 0.833 bits per heavy atom. The van der Waals surface area contributed by atoms with Crippen LogP contribution in [0.1, 0.15) is 0 Å². The minimum Gasteiger partial charge on any atom is -0.406 e. The van der Waals surface area contributed by atoms with E-state index in [2.05, 4.69) is 4.74 Å². The monoisotopic (exact) mass is 256 g/mol. The molecule has 0 N–H and O–H groups in total. The summed E-state index contributed by atoms with van der Waals surface area (Å²) in [6.07, 6.45) is -4.72. The van der Waals surface area contributed by atoms with Crippen LogP contribution in [0.15, 0.2) is 48.5 Å². The number of halogens is 4. The van der Waals surface area contributed by atoms with Gasteiger partial charge in [-0.15, -0.1) is 13.2 Å². The van der Waals surface area contributed by atoms with E-state index in [1.54, 1.807) is 18.2 Å². The van der Waals surface area contributed by atoms with Crippen LogP contribution in [0.25, 0.3) is 11.1 Å². The summed E-state index contributed by atoms with van der Waals surface area (Å²) < 4.78 is 53.0. The predicted octanol–water partition coefficient (Wildman–Crippen LogP) is 4.39. The van der Waals surface area contributed by atoms with Gasteiger partial charge in [-0.2, -0.15) is 0 Å². The van der Waals surface area contributed by atoms with Crippen LogP contribution in [0.2, 0.25) is 0 Å². The third-order valence-corrected chi connectivity index (χ3v) is 2.27. The van der Waals surface area contributed by atoms with Crippen LogP contribution >= 0.6 is 0 Å². The highest BCUT2D eigenvalue weighted by molar-refractivity contribution is 5.64. The van der Waals surface area contributed by atoms with Crippen LogP contribution < -0.4 is 4.74 Å². The molecule has 0 saturated carbocycles. The summed E-state index contributed by atoms with van der Waals surface area (Å²) in [5, 5.41) is 0. The van der Waals surface area contributed by atoms with Gasteiger partial charge in [-0.05, 0) is 23.8 Å². The fourth-order valence-corrected chi connectivity index (χ4v) is 1.53. The molecular weight excluding hydrogens is 248 g/mol. The Morgan fingerprint density at radius 2 is 1.44 bits per heavy atom. The van der Waals surface area contributed by atoms with Crippen molar-refractivity contribution in [1.82, 2.24) is 0 Å². The van der Waals surface area contributed by atoms with Crippen molar-refractivity contribution < 1.29 is 22.3 Å². The Kier molecular flexibility index (Phi) is 3.23. The second-order valence-corrected chi connectivity index (χ2v) is 3.55. The second kappa shape index (κ2) is 4.68. The van der Waals surface area contributed by atoms with Gasteiger partial charge in [-0.25, -0.2) is 4.39 Å². The highest BCUT2D eigenvalue weighted by Gasteiger charge is 2.30. The van der Waals surface area contributed by atoms with Crippen LogP contribution in [0.5, 0.6) is 5.75 Å². The summed E-state index contributed by atoms with van der Waals surface area (Å²) in [5.41, 5.74) is 0.818. The van der Waals surface area contributed by atoms with Crippen molar-refractivity contribution in [3.63, 3.8) is 0 Å². The smallest absolute Gasteiger partial charge is 0.406 e. The number of hydrogen-bond acceptors (Lipinski definition) is 1. The Labute approximate surface area is 101 Å². The van der Waals surface area contributed by atoms with Gasteiger partial charge < -0.3 is 4.74 Å². The number of alkyl halides is 3. The zero-order valence-electron chi connectivity index (χ0n) is 9.04. The fourth-order valence-electron chi connectivity index (χ4n) is 1.53. The van der Waals surface area contributed by atoms with Gasteiger partial charge in [0.15, 0.2) is 0 Å². The minimum atomic E-state index is -4.72. The van der Waals surface area contributed by atoms with Gasteiger partial charge in [0.2, 0.25) is 0 Å². The molecule has 0 amide bonds. The van der Waals surface area contributed by atoms with Crippen molar-refractivity contribution in [2.75, 3.05) is 0 Å². The first-order chi connectivity index (χ1) is 8.46. The van der Waals surface area contributed by atoms with E-state index >= 15 is 0 Å². The molecule has 0 aliphatic heterocycles. The first kappa shape index (κ1) is 12.4. The Hall–Kier alpha value is -2.04. The van der Waals surface area contributed by atoms with Crippen LogP contribution in [0, 0.1) is 5.82 Å². The quantitative estimate of drug-likeness (QED) is 0.724. The molecule has 5 heteroatoms. The maximum absolute atomic E-state index is 13.4. The summed E-state index contributed by atoms with van der Waals surface area (Å²) in [7, 11) is 0. The largest absolute Gasteiger partial charge is 0.573 e. The molecule has 0 fully saturated rings. The zero-order chi connectivity index (χ0) is 13.2. The molecule has 0 aliphatic carbocycles. The average molecular weight is 256 g/mol. The molecule has 18 heavy (non-hydrogen) atoms. The third-order valence-electron chi connectivity index (χ3n) is 2.27. The summed E-state index contributed by atoms with van der Waals surface area (Å²) in [4.78, 5) is 0. The first-order valence-corrected chi connectivity index (χ1v) is 5.06. The van der Waals surface area contributed by atoms with Crippen molar-refractivity contribution >= 4 is 0 Å². The van der Waals surface area contributed by atoms with Crippen molar-refractivity contribution in [1.29, 1.82) is 0 Å². The van der Waals surface area contributed by atoms with Gasteiger partial charge in [0.05, 0.1) is 0 Å². The van der Waals surface area contributed by atoms with E-state index in [1.165, 1.54) is 18.2 Å². The minimum absolute atomic E-state index is 0.330. The normalized spacial score (nSPS) is 11.3. The second-order valence-electron chi connectivity index (χ2n) is 3.55. The van der Waals surface area contributed by atoms with E-state index < -0.39 is 12.2 Å².